The van der Waals surface area contributed by atoms with Gasteiger partial charge in [0.25, 0.3) is 0 Å². The summed E-state index contributed by atoms with van der Waals surface area (Å²) in [6.07, 6.45) is -0.235. The molecule has 0 saturated carbocycles. The number of hydrogen-bond acceptors (Lipinski definition) is 3. The van der Waals surface area contributed by atoms with E-state index in [4.69, 9.17) is 11.5 Å². The van der Waals surface area contributed by atoms with E-state index in [0.29, 0.717) is 0 Å². The zero-order valence-electron chi connectivity index (χ0n) is 33.8. The Hall–Kier alpha value is -7.02. The van der Waals surface area contributed by atoms with Crippen LogP contribution in [0.3, 0.4) is 0 Å². The fraction of sp³-hybridized carbons (Fsp3) is 0.0909. The Morgan fingerprint density at radius 3 is 1.53 bits per heavy atom. The van der Waals surface area contributed by atoms with Crippen molar-refractivity contribution >= 4 is 65.2 Å². The molecule has 2 heterocycles. The Bertz CT molecular complexity index is 3210. The molecule has 3 atom stereocenters. The van der Waals surface area contributed by atoms with Gasteiger partial charge < -0.3 is 20.6 Å². The zero-order chi connectivity index (χ0) is 40.7. The van der Waals surface area contributed by atoms with Gasteiger partial charge in [0.05, 0.1) is 28.2 Å². The van der Waals surface area contributed by atoms with Gasteiger partial charge in [-0.25, -0.2) is 0 Å². The first kappa shape index (κ1) is 37.3. The van der Waals surface area contributed by atoms with E-state index in [1.54, 1.807) is 0 Å². The highest BCUT2D eigenvalue weighted by Gasteiger charge is 2.19. The molecule has 0 radical (unpaired) electrons. The molecule has 11 rings (SSSR count). The normalized spacial score (nSPS) is 13.2. The summed E-state index contributed by atoms with van der Waals surface area (Å²) in [4.78, 5) is 0. The number of fused-ring (bicyclic) bond motifs is 10. The van der Waals surface area contributed by atoms with Gasteiger partial charge in [-0.1, -0.05) is 146 Å². The highest BCUT2D eigenvalue weighted by Crippen LogP contribution is 2.41. The molecular weight excluding hydrogens is 731 g/mol. The molecule has 11 aromatic rings. The molecule has 0 aliphatic rings. The van der Waals surface area contributed by atoms with Crippen molar-refractivity contribution in [3.05, 3.63) is 217 Å². The summed E-state index contributed by atoms with van der Waals surface area (Å²) in [5, 5.41) is 13.8. The minimum Gasteiger partial charge on any atom is -0.324 e. The van der Waals surface area contributed by atoms with Crippen LogP contribution in [0.2, 0.25) is 0 Å². The molecule has 292 valence electrons. The van der Waals surface area contributed by atoms with Gasteiger partial charge in [-0.05, 0) is 107 Å². The first-order valence-corrected chi connectivity index (χ1v) is 20.8. The smallest absolute Gasteiger partial charge is 0.0814 e. The van der Waals surface area contributed by atoms with Crippen molar-refractivity contribution in [3.63, 3.8) is 0 Å². The summed E-state index contributed by atoms with van der Waals surface area (Å²) in [7, 11) is 0. The van der Waals surface area contributed by atoms with Gasteiger partial charge in [0.15, 0.2) is 0 Å². The molecule has 5 nitrogen and oxygen atoms in total. The lowest BCUT2D eigenvalue weighted by molar-refractivity contribution is 0.478. The maximum atomic E-state index is 6.50. The molecule has 0 amide bonds. The number of rotatable bonds is 7. The fourth-order valence-electron chi connectivity index (χ4n) is 9.01. The lowest BCUT2D eigenvalue weighted by atomic mass is 10.00. The third-order valence-corrected chi connectivity index (χ3v) is 12.0. The van der Waals surface area contributed by atoms with Crippen LogP contribution in [0.25, 0.3) is 76.5 Å². The van der Waals surface area contributed by atoms with Crippen molar-refractivity contribution in [2.24, 2.45) is 11.5 Å². The van der Waals surface area contributed by atoms with Gasteiger partial charge >= 0.3 is 0 Å². The standard InChI is InChI=1S/C35H29N3.C20H18N2/c1-23(37-35(36)26-12-3-2-4-13-26)27-14-9-15-28(22-27)38-31-20-18-24-10-5-7-16-29(24)33(31)34-30-17-8-6-11-25(30)19-21-32(34)38;1-14(21)15-11-12-20-18(13-15)17-9-5-6-10-19(17)22(20)16-7-3-2-4-8-16/h2-23,35,37H,36H2,1H3;2-14H,21H2,1H3. The number of para-hydroxylation sites is 2. The second kappa shape index (κ2) is 15.6. The van der Waals surface area contributed by atoms with Crippen molar-refractivity contribution in [2.75, 3.05) is 0 Å². The third-order valence-electron chi connectivity index (χ3n) is 12.0. The summed E-state index contributed by atoms with van der Waals surface area (Å²) in [5.41, 5.74) is 23.2. The summed E-state index contributed by atoms with van der Waals surface area (Å²) >= 11 is 0. The van der Waals surface area contributed by atoms with Crippen molar-refractivity contribution in [2.45, 2.75) is 32.1 Å². The zero-order valence-corrected chi connectivity index (χ0v) is 33.8. The predicted molar refractivity (Wildman–Crippen MR) is 254 cm³/mol. The maximum Gasteiger partial charge on any atom is 0.0814 e. The quantitative estimate of drug-likeness (QED) is 0.141. The second-order valence-electron chi connectivity index (χ2n) is 15.8. The summed E-state index contributed by atoms with van der Waals surface area (Å²) in [5.74, 6) is 0. The first-order chi connectivity index (χ1) is 29.4. The lowest BCUT2D eigenvalue weighted by Crippen LogP contribution is -2.31. The van der Waals surface area contributed by atoms with E-state index in [1.807, 2.05) is 31.2 Å². The summed E-state index contributed by atoms with van der Waals surface area (Å²) in [6, 6.07) is 71.1. The van der Waals surface area contributed by atoms with E-state index in [9.17, 15) is 0 Å². The van der Waals surface area contributed by atoms with Gasteiger partial charge in [0, 0.05) is 45.0 Å². The van der Waals surface area contributed by atoms with Gasteiger partial charge in [-0.3, -0.25) is 5.32 Å². The molecule has 0 aliphatic carbocycles. The fourth-order valence-corrected chi connectivity index (χ4v) is 9.01. The Morgan fingerprint density at radius 1 is 0.383 bits per heavy atom. The molecule has 0 saturated heterocycles. The Kier molecular flexibility index (Phi) is 9.70. The average molecular weight is 778 g/mol. The van der Waals surface area contributed by atoms with Gasteiger partial charge in [-0.15, -0.1) is 0 Å². The number of nitrogens with zero attached hydrogens (tertiary/aromatic N) is 2. The molecular formula is C55H47N5. The molecule has 0 spiro atoms. The number of aromatic nitrogens is 2. The van der Waals surface area contributed by atoms with E-state index in [0.717, 1.165) is 11.3 Å². The molecule has 0 fully saturated rings. The van der Waals surface area contributed by atoms with Gasteiger partial charge in [0.1, 0.15) is 0 Å². The Labute approximate surface area is 350 Å². The van der Waals surface area contributed by atoms with Crippen molar-refractivity contribution < 1.29 is 0 Å². The topological polar surface area (TPSA) is 73.9 Å². The maximum absolute atomic E-state index is 6.50. The number of nitrogens with two attached hydrogens (primary N) is 2. The van der Waals surface area contributed by atoms with E-state index < -0.39 is 0 Å². The van der Waals surface area contributed by atoms with Gasteiger partial charge in [-0.2, -0.15) is 0 Å². The molecule has 0 bridgehead atoms. The molecule has 0 aliphatic heterocycles. The minimum atomic E-state index is -0.235. The van der Waals surface area contributed by atoms with E-state index >= 15 is 0 Å². The van der Waals surface area contributed by atoms with Crippen LogP contribution in [0, 0.1) is 0 Å². The highest BCUT2D eigenvalue weighted by molar-refractivity contribution is 6.28. The monoisotopic (exact) mass is 777 g/mol. The van der Waals surface area contributed by atoms with Crippen LogP contribution >= 0.6 is 0 Å². The van der Waals surface area contributed by atoms with Crippen LogP contribution < -0.4 is 16.8 Å². The van der Waals surface area contributed by atoms with E-state index in [2.05, 4.69) is 197 Å². The average Bonchev–Trinajstić information content (AvgIpc) is 3.83. The van der Waals surface area contributed by atoms with Gasteiger partial charge in [0.2, 0.25) is 0 Å². The van der Waals surface area contributed by atoms with Crippen LogP contribution in [0.15, 0.2) is 200 Å². The largest absolute Gasteiger partial charge is 0.324 e. The number of hydrogen-bond donors (Lipinski definition) is 3. The molecule has 5 N–H and O–H groups in total. The first-order valence-electron chi connectivity index (χ1n) is 20.8. The molecule has 5 heteroatoms. The van der Waals surface area contributed by atoms with Crippen LogP contribution in [0.5, 0.6) is 0 Å². The third kappa shape index (κ3) is 6.59. The molecule has 3 unspecified atom stereocenters. The lowest BCUT2D eigenvalue weighted by Gasteiger charge is -2.21. The van der Waals surface area contributed by atoms with Crippen LogP contribution in [-0.2, 0) is 0 Å². The molecule has 2 aromatic heterocycles. The van der Waals surface area contributed by atoms with Crippen molar-refractivity contribution in [1.29, 1.82) is 0 Å². The SMILES string of the molecule is CC(N)c1ccc2c(c1)c1ccccc1n2-c1ccccc1.CC(NC(N)c1ccccc1)c1cccc(-n2c3ccc4ccccc4c3c3c4ccccc4ccc32)c1. The minimum absolute atomic E-state index is 0.0447. The van der Waals surface area contributed by atoms with Crippen molar-refractivity contribution in [3.8, 4) is 11.4 Å². The van der Waals surface area contributed by atoms with E-state index in [1.165, 1.54) is 82.0 Å². The molecule has 9 aromatic carbocycles. The van der Waals surface area contributed by atoms with Crippen LogP contribution in [0.4, 0.5) is 0 Å². The number of benzene rings is 9. The second-order valence-corrected chi connectivity index (χ2v) is 15.8. The molecule has 60 heavy (non-hydrogen) atoms. The summed E-state index contributed by atoms with van der Waals surface area (Å²) in [6.45, 7) is 4.20. The Balaban J connectivity index is 0.000000167. The predicted octanol–water partition coefficient (Wildman–Crippen LogP) is 13.2. The highest BCUT2D eigenvalue weighted by atomic mass is 15.0. The van der Waals surface area contributed by atoms with Crippen molar-refractivity contribution in [1.82, 2.24) is 14.5 Å². The van der Waals surface area contributed by atoms with E-state index in [-0.39, 0.29) is 18.2 Å². The van der Waals surface area contributed by atoms with Crippen LogP contribution in [-0.4, -0.2) is 9.13 Å². The number of nitrogens with one attached hydrogen (secondary N) is 1. The summed E-state index contributed by atoms with van der Waals surface area (Å²) < 4.78 is 4.73. The van der Waals surface area contributed by atoms with Crippen LogP contribution in [0.1, 0.15) is 48.8 Å². The Morgan fingerprint density at radius 2 is 0.883 bits per heavy atom.